The average molecular weight is 464 g/mol. The van der Waals surface area contributed by atoms with E-state index in [4.69, 9.17) is 74.3 Å². The van der Waals surface area contributed by atoms with Crippen molar-refractivity contribution in [3.05, 3.63) is 47.8 Å². The fourth-order valence-corrected chi connectivity index (χ4v) is 2.38. The van der Waals surface area contributed by atoms with Gasteiger partial charge in [-0.15, -0.1) is 0 Å². The van der Waals surface area contributed by atoms with Gasteiger partial charge in [0.2, 0.25) is 7.59 Å². The maximum Gasteiger partial charge on any atom is 0.234 e. The molecule has 1 aliphatic heterocycles. The molecule has 1 N–H and O–H groups in total. The second kappa shape index (κ2) is 8.47. The highest BCUT2D eigenvalue weighted by Gasteiger charge is 2.35. The van der Waals surface area contributed by atoms with Gasteiger partial charge in [0.1, 0.15) is 11.5 Å². The van der Waals surface area contributed by atoms with Gasteiger partial charge in [0, 0.05) is 6.20 Å². The summed E-state index contributed by atoms with van der Waals surface area (Å²) < 4.78 is 1.89. The van der Waals surface area contributed by atoms with Gasteiger partial charge in [-0.05, 0) is 36.8 Å². The van der Waals surface area contributed by atoms with Crippen LogP contribution in [-0.4, -0.2) is 25.0 Å². The number of benzene rings is 1. The van der Waals surface area contributed by atoms with Crippen molar-refractivity contribution in [1.29, 1.82) is 0 Å². The van der Waals surface area contributed by atoms with E-state index in [0.29, 0.717) is 6.61 Å². The van der Waals surface area contributed by atoms with E-state index >= 15 is 0 Å². The van der Waals surface area contributed by atoms with Gasteiger partial charge in [-0.3, -0.25) is 5.43 Å². The Labute approximate surface area is 175 Å². The number of hydrogen-bond donors (Lipinski definition) is 1. The summed E-state index contributed by atoms with van der Waals surface area (Å²) in [5, 5.41) is 5.45. The van der Waals surface area contributed by atoms with Crippen molar-refractivity contribution in [1.82, 2.24) is 10.5 Å². The summed E-state index contributed by atoms with van der Waals surface area (Å²) >= 11 is 35.4. The molecular weight excluding hydrogens is 451 g/mol. The van der Waals surface area contributed by atoms with Crippen LogP contribution in [0, 0.1) is 0 Å². The normalized spacial score (nSPS) is 15.7. The van der Waals surface area contributed by atoms with Crippen molar-refractivity contribution in [2.45, 2.75) is 14.5 Å². The topological polar surface area (TPSA) is 36.9 Å². The highest BCUT2D eigenvalue weighted by atomic mass is 35.6. The van der Waals surface area contributed by atoms with Gasteiger partial charge in [-0.25, -0.2) is 0 Å². The van der Waals surface area contributed by atoms with Gasteiger partial charge >= 0.3 is 0 Å². The zero-order valence-electron chi connectivity index (χ0n) is 12.8. The first kappa shape index (κ1) is 20.8. The SMILES string of the molecule is CCOc1ccc(C=CN2N=C(C(Cl)(Cl)Cl)C=C(C(Cl)(Cl)Cl)N2)cc1. The number of hydrazine groups is 1. The maximum atomic E-state index is 5.91. The fourth-order valence-electron chi connectivity index (χ4n) is 1.82. The molecule has 0 aliphatic carbocycles. The van der Waals surface area contributed by atoms with Crippen molar-refractivity contribution in [2.75, 3.05) is 6.61 Å². The van der Waals surface area contributed by atoms with Gasteiger partial charge in [-0.2, -0.15) is 10.2 Å². The molecule has 25 heavy (non-hydrogen) atoms. The van der Waals surface area contributed by atoms with Crippen LogP contribution in [0.15, 0.2) is 47.3 Å². The van der Waals surface area contributed by atoms with E-state index in [1.165, 1.54) is 11.2 Å². The number of allylic oxidation sites excluding steroid dienone is 2. The van der Waals surface area contributed by atoms with Crippen molar-refractivity contribution >= 4 is 81.4 Å². The van der Waals surface area contributed by atoms with Crippen LogP contribution in [0.4, 0.5) is 0 Å². The molecule has 0 atom stereocenters. The molecule has 0 radical (unpaired) electrons. The summed E-state index contributed by atoms with van der Waals surface area (Å²) in [7, 11) is 0. The first-order chi connectivity index (χ1) is 11.6. The third-order valence-electron chi connectivity index (χ3n) is 2.93. The van der Waals surface area contributed by atoms with E-state index in [1.807, 2.05) is 31.2 Å². The molecule has 0 saturated heterocycles. The van der Waals surface area contributed by atoms with E-state index in [-0.39, 0.29) is 11.4 Å². The van der Waals surface area contributed by atoms with Crippen molar-refractivity contribution < 1.29 is 4.74 Å². The highest BCUT2D eigenvalue weighted by Crippen LogP contribution is 2.37. The molecule has 1 heterocycles. The van der Waals surface area contributed by atoms with Crippen LogP contribution < -0.4 is 10.2 Å². The number of hydrogen-bond acceptors (Lipinski definition) is 4. The summed E-state index contributed by atoms with van der Waals surface area (Å²) in [6.07, 6.45) is 4.76. The molecule has 0 amide bonds. The maximum absolute atomic E-state index is 5.91. The molecule has 0 fully saturated rings. The Morgan fingerprint density at radius 1 is 1.08 bits per heavy atom. The van der Waals surface area contributed by atoms with Gasteiger partial charge in [0.25, 0.3) is 0 Å². The molecule has 2 rings (SSSR count). The first-order valence-electron chi connectivity index (χ1n) is 7.01. The van der Waals surface area contributed by atoms with E-state index in [9.17, 15) is 0 Å². The Morgan fingerprint density at radius 2 is 1.72 bits per heavy atom. The molecule has 0 aromatic heterocycles. The quantitative estimate of drug-likeness (QED) is 0.568. The number of nitrogens with zero attached hydrogens (tertiary/aromatic N) is 2. The molecule has 0 saturated carbocycles. The van der Waals surface area contributed by atoms with E-state index in [1.54, 1.807) is 12.3 Å². The van der Waals surface area contributed by atoms with Crippen LogP contribution in [-0.2, 0) is 0 Å². The minimum atomic E-state index is -1.77. The van der Waals surface area contributed by atoms with Crippen LogP contribution in [0.2, 0.25) is 0 Å². The van der Waals surface area contributed by atoms with Crippen LogP contribution in [0.25, 0.3) is 6.08 Å². The lowest BCUT2D eigenvalue weighted by Crippen LogP contribution is -2.40. The van der Waals surface area contributed by atoms with E-state index < -0.39 is 7.59 Å². The lowest BCUT2D eigenvalue weighted by Gasteiger charge is -2.29. The Bertz CT molecular complexity index is 689. The third kappa shape index (κ3) is 6.31. The Hall–Kier alpha value is -0.490. The van der Waals surface area contributed by atoms with Crippen molar-refractivity contribution in [2.24, 2.45) is 5.10 Å². The summed E-state index contributed by atoms with van der Waals surface area (Å²) in [5.41, 5.74) is 4.03. The molecule has 1 aliphatic rings. The van der Waals surface area contributed by atoms with Crippen molar-refractivity contribution in [3.63, 3.8) is 0 Å². The summed E-state index contributed by atoms with van der Waals surface area (Å²) in [6.45, 7) is 2.53. The molecule has 4 nitrogen and oxygen atoms in total. The molecular formula is C15H13Cl6N3O. The number of ether oxygens (including phenoxy) is 1. The number of hydrazone groups is 1. The molecule has 0 bridgehead atoms. The number of nitrogens with one attached hydrogen (secondary N) is 1. The van der Waals surface area contributed by atoms with Crippen molar-refractivity contribution in [3.8, 4) is 5.75 Å². The van der Waals surface area contributed by atoms with Gasteiger partial charge in [0.15, 0.2) is 0 Å². The lowest BCUT2D eigenvalue weighted by molar-refractivity contribution is 0.313. The first-order valence-corrected chi connectivity index (χ1v) is 9.28. The minimum absolute atomic E-state index is 0.105. The summed E-state index contributed by atoms with van der Waals surface area (Å²) in [5.74, 6) is 0.786. The zero-order valence-corrected chi connectivity index (χ0v) is 17.4. The smallest absolute Gasteiger partial charge is 0.234 e. The number of halogens is 6. The van der Waals surface area contributed by atoms with E-state index in [0.717, 1.165) is 11.3 Å². The second-order valence-electron chi connectivity index (χ2n) is 4.81. The number of rotatable bonds is 4. The zero-order chi connectivity index (χ0) is 18.7. The Kier molecular flexibility index (Phi) is 7.05. The predicted molar refractivity (Wildman–Crippen MR) is 108 cm³/mol. The predicted octanol–water partition coefficient (Wildman–Crippen LogP) is 5.86. The fraction of sp³-hybridized carbons (Fsp3) is 0.267. The van der Waals surface area contributed by atoms with Gasteiger partial charge in [-0.1, -0.05) is 81.7 Å². The standard InChI is InChI=1S/C15H13Cl6N3O/c1-2-25-11-5-3-10(4-6-11)7-8-24-22-12(14(16,17)18)9-13(23-24)15(19,20)21/h3-9,22H,2H2,1H3. The second-order valence-corrected chi connectivity index (χ2v) is 9.38. The molecule has 10 heteroatoms. The van der Waals surface area contributed by atoms with Gasteiger partial charge < -0.3 is 4.74 Å². The molecule has 1 aromatic carbocycles. The largest absolute Gasteiger partial charge is 0.494 e. The van der Waals surface area contributed by atoms with E-state index in [2.05, 4.69) is 10.5 Å². The lowest BCUT2D eigenvalue weighted by atomic mass is 10.2. The molecule has 1 aromatic rings. The average Bonchev–Trinajstić information content (AvgIpc) is 2.52. The van der Waals surface area contributed by atoms with Crippen LogP contribution in [0.5, 0.6) is 5.75 Å². The van der Waals surface area contributed by atoms with Crippen LogP contribution in [0.3, 0.4) is 0 Å². The highest BCUT2D eigenvalue weighted by molar-refractivity contribution is 6.78. The minimum Gasteiger partial charge on any atom is -0.494 e. The number of alkyl halides is 6. The van der Waals surface area contributed by atoms with Crippen LogP contribution >= 0.6 is 69.6 Å². The molecule has 136 valence electrons. The summed E-state index contributed by atoms with van der Waals surface area (Å²) in [6, 6.07) is 7.48. The Balaban J connectivity index is 2.20. The van der Waals surface area contributed by atoms with Crippen LogP contribution in [0.1, 0.15) is 12.5 Å². The Morgan fingerprint density at radius 3 is 2.24 bits per heavy atom. The van der Waals surface area contributed by atoms with Gasteiger partial charge in [0.05, 0.1) is 12.3 Å². The molecule has 0 spiro atoms. The molecule has 0 unspecified atom stereocenters. The summed E-state index contributed by atoms with van der Waals surface area (Å²) in [4.78, 5) is 0. The monoisotopic (exact) mass is 461 g/mol. The third-order valence-corrected chi connectivity index (χ3v) is 4.12.